The minimum absolute atomic E-state index is 0.713. The first-order valence-corrected chi connectivity index (χ1v) is 6.37. The average Bonchev–Trinajstić information content (AvgIpc) is 2.52. The molecule has 0 aromatic heterocycles. The standard InChI is InChI=1S/C12H26N2O/c1-3-13-7-4-6-12(2)14-8-5-10-15-11-9-14/h12-13H,3-11H2,1-2H3. The van der Waals surface area contributed by atoms with Gasteiger partial charge in [-0.25, -0.2) is 0 Å². The van der Waals surface area contributed by atoms with Crippen LogP contribution in [0.1, 0.15) is 33.1 Å². The van der Waals surface area contributed by atoms with E-state index in [0.29, 0.717) is 6.04 Å². The highest BCUT2D eigenvalue weighted by Crippen LogP contribution is 2.09. The van der Waals surface area contributed by atoms with Gasteiger partial charge in [0.1, 0.15) is 0 Å². The van der Waals surface area contributed by atoms with E-state index in [1.807, 2.05) is 0 Å². The summed E-state index contributed by atoms with van der Waals surface area (Å²) in [5.41, 5.74) is 0. The molecule has 1 rings (SSSR count). The van der Waals surface area contributed by atoms with Crippen LogP contribution in [0.25, 0.3) is 0 Å². The fourth-order valence-electron chi connectivity index (χ4n) is 2.09. The quantitative estimate of drug-likeness (QED) is 0.678. The van der Waals surface area contributed by atoms with Crippen molar-refractivity contribution in [1.29, 1.82) is 0 Å². The lowest BCUT2D eigenvalue weighted by atomic mass is 10.1. The fourth-order valence-corrected chi connectivity index (χ4v) is 2.09. The number of hydrogen-bond acceptors (Lipinski definition) is 3. The van der Waals surface area contributed by atoms with Gasteiger partial charge in [-0.2, -0.15) is 0 Å². The van der Waals surface area contributed by atoms with E-state index >= 15 is 0 Å². The number of hydrogen-bond donors (Lipinski definition) is 1. The summed E-state index contributed by atoms with van der Waals surface area (Å²) in [6, 6.07) is 0.713. The van der Waals surface area contributed by atoms with Crippen LogP contribution in [0, 0.1) is 0 Å². The maximum absolute atomic E-state index is 5.46. The van der Waals surface area contributed by atoms with Crippen molar-refractivity contribution >= 4 is 0 Å². The van der Waals surface area contributed by atoms with Crippen molar-refractivity contribution in [3.05, 3.63) is 0 Å². The average molecular weight is 214 g/mol. The summed E-state index contributed by atoms with van der Waals surface area (Å²) in [4.78, 5) is 2.57. The van der Waals surface area contributed by atoms with Crippen molar-refractivity contribution in [2.45, 2.75) is 39.2 Å². The first kappa shape index (κ1) is 12.9. The molecule has 1 unspecified atom stereocenters. The van der Waals surface area contributed by atoms with Crippen molar-refractivity contribution in [3.8, 4) is 0 Å². The van der Waals surface area contributed by atoms with E-state index in [1.165, 1.54) is 25.8 Å². The van der Waals surface area contributed by atoms with Gasteiger partial charge in [0.25, 0.3) is 0 Å². The SMILES string of the molecule is CCNCCCC(C)N1CCCOCC1. The highest BCUT2D eigenvalue weighted by atomic mass is 16.5. The second kappa shape index (κ2) is 8.08. The van der Waals surface area contributed by atoms with Crippen molar-refractivity contribution in [2.24, 2.45) is 0 Å². The van der Waals surface area contributed by atoms with Gasteiger partial charge in [0.2, 0.25) is 0 Å². The Morgan fingerprint density at radius 2 is 2.20 bits per heavy atom. The van der Waals surface area contributed by atoms with Gasteiger partial charge in [-0.15, -0.1) is 0 Å². The van der Waals surface area contributed by atoms with E-state index in [1.54, 1.807) is 0 Å². The lowest BCUT2D eigenvalue weighted by Gasteiger charge is -2.27. The molecule has 1 heterocycles. The summed E-state index contributed by atoms with van der Waals surface area (Å²) < 4.78 is 5.46. The predicted molar refractivity (Wildman–Crippen MR) is 64.2 cm³/mol. The minimum atomic E-state index is 0.713. The number of nitrogens with zero attached hydrogens (tertiary/aromatic N) is 1. The Bertz CT molecular complexity index is 145. The van der Waals surface area contributed by atoms with Crippen LogP contribution >= 0.6 is 0 Å². The van der Waals surface area contributed by atoms with E-state index < -0.39 is 0 Å². The van der Waals surface area contributed by atoms with E-state index in [2.05, 4.69) is 24.1 Å². The first-order chi connectivity index (χ1) is 7.34. The Balaban J connectivity index is 2.11. The predicted octanol–water partition coefficient (Wildman–Crippen LogP) is 1.49. The third-order valence-corrected chi connectivity index (χ3v) is 3.11. The Labute approximate surface area is 94.2 Å². The van der Waals surface area contributed by atoms with E-state index in [9.17, 15) is 0 Å². The molecule has 0 radical (unpaired) electrons. The smallest absolute Gasteiger partial charge is 0.0593 e. The summed E-state index contributed by atoms with van der Waals surface area (Å²) in [6.07, 6.45) is 3.77. The van der Waals surface area contributed by atoms with Gasteiger partial charge in [0.05, 0.1) is 6.61 Å². The molecule has 3 heteroatoms. The zero-order valence-corrected chi connectivity index (χ0v) is 10.3. The summed E-state index contributed by atoms with van der Waals surface area (Å²) in [5, 5.41) is 3.38. The molecule has 1 N–H and O–H groups in total. The van der Waals surface area contributed by atoms with Gasteiger partial charge in [-0.3, -0.25) is 4.90 Å². The molecule has 1 aliphatic heterocycles. The van der Waals surface area contributed by atoms with Gasteiger partial charge in [0.15, 0.2) is 0 Å². The van der Waals surface area contributed by atoms with Crippen LogP contribution in [0.4, 0.5) is 0 Å². The molecular weight excluding hydrogens is 188 g/mol. The maximum Gasteiger partial charge on any atom is 0.0593 e. The van der Waals surface area contributed by atoms with Crippen LogP contribution in [-0.4, -0.2) is 50.3 Å². The first-order valence-electron chi connectivity index (χ1n) is 6.37. The monoisotopic (exact) mass is 214 g/mol. The molecule has 1 fully saturated rings. The van der Waals surface area contributed by atoms with E-state index in [0.717, 1.165) is 32.8 Å². The molecule has 90 valence electrons. The summed E-state index contributed by atoms with van der Waals surface area (Å²) in [5.74, 6) is 0. The lowest BCUT2D eigenvalue weighted by molar-refractivity contribution is 0.132. The number of ether oxygens (including phenoxy) is 1. The molecule has 0 spiro atoms. The topological polar surface area (TPSA) is 24.5 Å². The highest BCUT2D eigenvalue weighted by molar-refractivity contribution is 4.69. The van der Waals surface area contributed by atoms with Crippen molar-refractivity contribution in [2.75, 3.05) is 39.4 Å². The lowest BCUT2D eigenvalue weighted by Crippen LogP contribution is -2.35. The van der Waals surface area contributed by atoms with Gasteiger partial charge < -0.3 is 10.1 Å². The molecule has 0 amide bonds. The Morgan fingerprint density at radius 1 is 1.33 bits per heavy atom. The molecule has 1 saturated heterocycles. The summed E-state index contributed by atoms with van der Waals surface area (Å²) in [6.45, 7) is 10.9. The Morgan fingerprint density at radius 3 is 3.00 bits per heavy atom. The third kappa shape index (κ3) is 5.50. The van der Waals surface area contributed by atoms with Gasteiger partial charge in [-0.1, -0.05) is 6.92 Å². The van der Waals surface area contributed by atoms with Crippen LogP contribution < -0.4 is 5.32 Å². The van der Waals surface area contributed by atoms with Crippen LogP contribution in [0.15, 0.2) is 0 Å². The molecule has 0 saturated carbocycles. The van der Waals surface area contributed by atoms with Crippen LogP contribution in [0.2, 0.25) is 0 Å². The molecule has 0 bridgehead atoms. The number of nitrogens with one attached hydrogen (secondary N) is 1. The van der Waals surface area contributed by atoms with Gasteiger partial charge in [0, 0.05) is 25.7 Å². The van der Waals surface area contributed by atoms with Crippen LogP contribution in [-0.2, 0) is 4.74 Å². The largest absolute Gasteiger partial charge is 0.380 e. The summed E-state index contributed by atoms with van der Waals surface area (Å²) >= 11 is 0. The van der Waals surface area contributed by atoms with Gasteiger partial charge >= 0.3 is 0 Å². The zero-order chi connectivity index (χ0) is 10.9. The van der Waals surface area contributed by atoms with Crippen LogP contribution in [0.5, 0.6) is 0 Å². The Kier molecular flexibility index (Phi) is 6.98. The molecule has 0 aromatic carbocycles. The molecule has 3 nitrogen and oxygen atoms in total. The molecule has 0 aromatic rings. The second-order valence-electron chi connectivity index (χ2n) is 4.35. The second-order valence-corrected chi connectivity index (χ2v) is 4.35. The van der Waals surface area contributed by atoms with Gasteiger partial charge in [-0.05, 0) is 39.3 Å². The van der Waals surface area contributed by atoms with E-state index in [-0.39, 0.29) is 0 Å². The highest BCUT2D eigenvalue weighted by Gasteiger charge is 2.14. The molecule has 1 atom stereocenters. The third-order valence-electron chi connectivity index (χ3n) is 3.11. The fraction of sp³-hybridized carbons (Fsp3) is 1.00. The van der Waals surface area contributed by atoms with Crippen molar-refractivity contribution in [3.63, 3.8) is 0 Å². The molecular formula is C12H26N2O. The van der Waals surface area contributed by atoms with Crippen LogP contribution in [0.3, 0.4) is 0 Å². The zero-order valence-electron chi connectivity index (χ0n) is 10.3. The minimum Gasteiger partial charge on any atom is -0.380 e. The maximum atomic E-state index is 5.46. The van der Waals surface area contributed by atoms with E-state index in [4.69, 9.17) is 4.74 Å². The Hall–Kier alpha value is -0.120. The van der Waals surface area contributed by atoms with Crippen molar-refractivity contribution in [1.82, 2.24) is 10.2 Å². The molecule has 15 heavy (non-hydrogen) atoms. The number of rotatable bonds is 6. The van der Waals surface area contributed by atoms with Crippen molar-refractivity contribution < 1.29 is 4.74 Å². The molecule has 0 aliphatic carbocycles. The summed E-state index contributed by atoms with van der Waals surface area (Å²) in [7, 11) is 0. The molecule has 1 aliphatic rings. The normalized spacial score (nSPS) is 21.2.